The molecule has 1 aromatic heterocycles. The standard InChI is InChI=1S/C22H30N4O2/c1-16-13-21(24-15-18-9-10-19(27-2)20(14-18)28-3)26-22(25-16)23-12-11-17-7-5-4-6-8-17/h7,9-10,13-14H,4-6,8,11-12,15H2,1-3H3,(H2,23,24,25,26). The van der Waals surface area contributed by atoms with Gasteiger partial charge in [0.15, 0.2) is 11.5 Å². The topological polar surface area (TPSA) is 68.3 Å². The molecule has 1 aromatic carbocycles. The Balaban J connectivity index is 1.57. The molecule has 0 radical (unpaired) electrons. The highest BCUT2D eigenvalue weighted by Gasteiger charge is 2.07. The Morgan fingerprint density at radius 1 is 1.00 bits per heavy atom. The first-order valence-corrected chi connectivity index (χ1v) is 9.90. The van der Waals surface area contributed by atoms with Gasteiger partial charge in [0.2, 0.25) is 5.95 Å². The van der Waals surface area contributed by atoms with Gasteiger partial charge in [-0.2, -0.15) is 4.98 Å². The van der Waals surface area contributed by atoms with Gasteiger partial charge in [-0.3, -0.25) is 0 Å². The summed E-state index contributed by atoms with van der Waals surface area (Å²) in [6.45, 7) is 3.49. The fourth-order valence-electron chi connectivity index (χ4n) is 3.39. The molecule has 6 nitrogen and oxygen atoms in total. The summed E-state index contributed by atoms with van der Waals surface area (Å²) in [5, 5.41) is 6.74. The van der Waals surface area contributed by atoms with Gasteiger partial charge in [0.1, 0.15) is 5.82 Å². The number of benzene rings is 1. The minimum absolute atomic E-state index is 0.642. The molecular weight excluding hydrogens is 352 g/mol. The lowest BCUT2D eigenvalue weighted by Crippen LogP contribution is -2.10. The van der Waals surface area contributed by atoms with Crippen LogP contribution in [0.1, 0.15) is 43.4 Å². The van der Waals surface area contributed by atoms with Crippen LogP contribution in [0.25, 0.3) is 0 Å². The van der Waals surface area contributed by atoms with E-state index in [9.17, 15) is 0 Å². The zero-order valence-corrected chi connectivity index (χ0v) is 17.0. The zero-order chi connectivity index (χ0) is 19.8. The van der Waals surface area contributed by atoms with Crippen LogP contribution in [-0.4, -0.2) is 30.7 Å². The molecule has 1 heterocycles. The number of aryl methyl sites for hydroxylation is 1. The second-order valence-electron chi connectivity index (χ2n) is 7.05. The molecule has 0 saturated carbocycles. The normalized spacial score (nSPS) is 13.6. The third-order valence-electron chi connectivity index (χ3n) is 4.89. The van der Waals surface area contributed by atoms with Crippen LogP contribution < -0.4 is 20.1 Å². The van der Waals surface area contributed by atoms with Gasteiger partial charge in [-0.15, -0.1) is 0 Å². The van der Waals surface area contributed by atoms with Gasteiger partial charge in [0, 0.05) is 24.8 Å². The maximum absolute atomic E-state index is 5.37. The lowest BCUT2D eigenvalue weighted by Gasteiger charge is -2.14. The van der Waals surface area contributed by atoms with E-state index < -0.39 is 0 Å². The van der Waals surface area contributed by atoms with Crippen LogP contribution in [0.3, 0.4) is 0 Å². The number of hydrogen-bond acceptors (Lipinski definition) is 6. The summed E-state index contributed by atoms with van der Waals surface area (Å²) in [6, 6.07) is 7.85. The lowest BCUT2D eigenvalue weighted by atomic mass is 9.97. The summed E-state index contributed by atoms with van der Waals surface area (Å²) in [7, 11) is 3.28. The maximum Gasteiger partial charge on any atom is 0.224 e. The van der Waals surface area contributed by atoms with E-state index in [1.807, 2.05) is 31.2 Å². The summed E-state index contributed by atoms with van der Waals surface area (Å²) in [5.41, 5.74) is 3.58. The number of hydrogen-bond donors (Lipinski definition) is 2. The molecule has 1 aliphatic rings. The number of aromatic nitrogens is 2. The van der Waals surface area contributed by atoms with Gasteiger partial charge in [0.25, 0.3) is 0 Å². The Labute approximate surface area is 167 Å². The van der Waals surface area contributed by atoms with Crippen molar-refractivity contribution in [1.82, 2.24) is 9.97 Å². The van der Waals surface area contributed by atoms with Crippen LogP contribution in [0, 0.1) is 6.92 Å². The molecular formula is C22H30N4O2. The van der Waals surface area contributed by atoms with Crippen molar-refractivity contribution in [2.75, 3.05) is 31.4 Å². The summed E-state index contributed by atoms with van der Waals surface area (Å²) in [5.74, 6) is 2.93. The molecule has 28 heavy (non-hydrogen) atoms. The second kappa shape index (κ2) is 9.97. The van der Waals surface area contributed by atoms with Crippen LogP contribution in [0.15, 0.2) is 35.9 Å². The van der Waals surface area contributed by atoms with E-state index in [0.29, 0.717) is 12.5 Å². The van der Waals surface area contributed by atoms with Crippen LogP contribution in [-0.2, 0) is 6.54 Å². The molecule has 1 aliphatic carbocycles. The van der Waals surface area contributed by atoms with Crippen molar-refractivity contribution < 1.29 is 9.47 Å². The molecule has 0 atom stereocenters. The fourth-order valence-corrected chi connectivity index (χ4v) is 3.39. The summed E-state index contributed by atoms with van der Waals surface area (Å²) >= 11 is 0. The molecule has 0 fully saturated rings. The molecule has 0 spiro atoms. The van der Waals surface area contributed by atoms with E-state index in [1.165, 1.54) is 25.7 Å². The molecule has 150 valence electrons. The summed E-state index contributed by atoms with van der Waals surface area (Å²) < 4.78 is 10.7. The van der Waals surface area contributed by atoms with Crippen LogP contribution >= 0.6 is 0 Å². The van der Waals surface area contributed by atoms with E-state index >= 15 is 0 Å². The molecule has 6 heteroatoms. The van der Waals surface area contributed by atoms with Gasteiger partial charge in [-0.1, -0.05) is 17.7 Å². The van der Waals surface area contributed by atoms with Crippen molar-refractivity contribution in [3.05, 3.63) is 47.2 Å². The highest BCUT2D eigenvalue weighted by Crippen LogP contribution is 2.28. The average Bonchev–Trinajstić information content (AvgIpc) is 2.72. The number of allylic oxidation sites excluding steroid dienone is 1. The molecule has 3 rings (SSSR count). The Morgan fingerprint density at radius 3 is 2.61 bits per heavy atom. The Bertz CT molecular complexity index is 820. The van der Waals surface area contributed by atoms with Crippen LogP contribution in [0.4, 0.5) is 11.8 Å². The van der Waals surface area contributed by atoms with Crippen molar-refractivity contribution >= 4 is 11.8 Å². The number of rotatable bonds is 9. The van der Waals surface area contributed by atoms with Crippen molar-refractivity contribution in [3.8, 4) is 11.5 Å². The van der Waals surface area contributed by atoms with E-state index in [4.69, 9.17) is 9.47 Å². The summed E-state index contributed by atoms with van der Waals surface area (Å²) in [4.78, 5) is 9.10. The monoisotopic (exact) mass is 382 g/mol. The molecule has 0 saturated heterocycles. The number of anilines is 2. The van der Waals surface area contributed by atoms with Crippen molar-refractivity contribution in [1.29, 1.82) is 0 Å². The first-order chi connectivity index (χ1) is 13.7. The third-order valence-corrected chi connectivity index (χ3v) is 4.89. The van der Waals surface area contributed by atoms with Crippen molar-refractivity contribution in [2.45, 2.75) is 45.6 Å². The van der Waals surface area contributed by atoms with Gasteiger partial charge >= 0.3 is 0 Å². The Morgan fingerprint density at radius 2 is 1.86 bits per heavy atom. The predicted molar refractivity (Wildman–Crippen MR) is 113 cm³/mol. The Hall–Kier alpha value is -2.76. The van der Waals surface area contributed by atoms with Crippen molar-refractivity contribution in [2.24, 2.45) is 0 Å². The molecule has 2 N–H and O–H groups in total. The van der Waals surface area contributed by atoms with E-state index in [2.05, 4.69) is 26.7 Å². The maximum atomic E-state index is 5.37. The SMILES string of the molecule is COc1ccc(CNc2cc(C)nc(NCCC3=CCCCC3)n2)cc1OC. The van der Waals surface area contributed by atoms with Crippen LogP contribution in [0.2, 0.25) is 0 Å². The highest BCUT2D eigenvalue weighted by molar-refractivity contribution is 5.46. The number of nitrogens with one attached hydrogen (secondary N) is 2. The van der Waals surface area contributed by atoms with Gasteiger partial charge in [-0.25, -0.2) is 4.98 Å². The quantitative estimate of drug-likeness (QED) is 0.612. The fraction of sp³-hybridized carbons (Fsp3) is 0.455. The molecule has 0 bridgehead atoms. The number of nitrogens with zero attached hydrogens (tertiary/aromatic N) is 2. The molecule has 0 unspecified atom stereocenters. The van der Waals surface area contributed by atoms with Crippen molar-refractivity contribution in [3.63, 3.8) is 0 Å². The lowest BCUT2D eigenvalue weighted by molar-refractivity contribution is 0.354. The largest absolute Gasteiger partial charge is 0.493 e. The van der Waals surface area contributed by atoms with E-state index in [-0.39, 0.29) is 0 Å². The summed E-state index contributed by atoms with van der Waals surface area (Å²) in [6.07, 6.45) is 8.54. The minimum atomic E-state index is 0.642. The minimum Gasteiger partial charge on any atom is -0.493 e. The van der Waals surface area contributed by atoms with E-state index in [1.54, 1.807) is 19.8 Å². The van der Waals surface area contributed by atoms with Gasteiger partial charge in [0.05, 0.1) is 14.2 Å². The van der Waals surface area contributed by atoms with E-state index in [0.717, 1.165) is 41.5 Å². The molecule has 0 amide bonds. The average molecular weight is 383 g/mol. The second-order valence-corrected chi connectivity index (χ2v) is 7.05. The van der Waals surface area contributed by atoms with Crippen LogP contribution in [0.5, 0.6) is 11.5 Å². The predicted octanol–water partition coefficient (Wildman–Crippen LogP) is 4.72. The van der Waals surface area contributed by atoms with Gasteiger partial charge in [-0.05, 0) is 56.7 Å². The smallest absolute Gasteiger partial charge is 0.224 e. The first-order valence-electron chi connectivity index (χ1n) is 9.90. The third kappa shape index (κ3) is 5.62. The Kier molecular flexibility index (Phi) is 7.12. The molecule has 0 aliphatic heterocycles. The zero-order valence-electron chi connectivity index (χ0n) is 17.0. The van der Waals surface area contributed by atoms with Gasteiger partial charge < -0.3 is 20.1 Å². The highest BCUT2D eigenvalue weighted by atomic mass is 16.5. The number of methoxy groups -OCH3 is 2. The first kappa shape index (κ1) is 20.0. The molecule has 2 aromatic rings. The number of ether oxygens (including phenoxy) is 2.